The molecule has 6 heteroatoms. The molecule has 0 bridgehead atoms. The number of hydrogen-bond donors (Lipinski definition) is 2. The molecule has 0 saturated heterocycles. The molecule has 3 aromatic rings. The molecule has 2 aromatic heterocycles. The van der Waals surface area contributed by atoms with Crippen LogP contribution in [0.5, 0.6) is 0 Å². The van der Waals surface area contributed by atoms with Crippen LogP contribution in [0.15, 0.2) is 49.1 Å². The van der Waals surface area contributed by atoms with E-state index in [9.17, 15) is 0 Å². The van der Waals surface area contributed by atoms with E-state index in [1.54, 1.807) is 12.5 Å². The fourth-order valence-electron chi connectivity index (χ4n) is 2.21. The SMILES string of the molecule is CCCNc1cc(-n2ccnc2-c2cccc(N)c2)ncn1. The average molecular weight is 294 g/mol. The Morgan fingerprint density at radius 3 is 2.91 bits per heavy atom. The van der Waals surface area contributed by atoms with Crippen molar-refractivity contribution in [2.75, 3.05) is 17.6 Å². The smallest absolute Gasteiger partial charge is 0.145 e. The first kappa shape index (κ1) is 14.1. The van der Waals surface area contributed by atoms with Crippen molar-refractivity contribution in [3.63, 3.8) is 0 Å². The van der Waals surface area contributed by atoms with Gasteiger partial charge in [0.25, 0.3) is 0 Å². The number of imidazole rings is 1. The van der Waals surface area contributed by atoms with Gasteiger partial charge in [0.05, 0.1) is 0 Å². The van der Waals surface area contributed by atoms with Crippen molar-refractivity contribution in [2.45, 2.75) is 13.3 Å². The monoisotopic (exact) mass is 294 g/mol. The minimum absolute atomic E-state index is 0.708. The summed E-state index contributed by atoms with van der Waals surface area (Å²) < 4.78 is 1.92. The highest BCUT2D eigenvalue weighted by Crippen LogP contribution is 2.22. The highest BCUT2D eigenvalue weighted by molar-refractivity contribution is 5.63. The number of hydrogen-bond acceptors (Lipinski definition) is 5. The normalized spacial score (nSPS) is 10.6. The number of nitrogen functional groups attached to an aromatic ring is 1. The van der Waals surface area contributed by atoms with Crippen molar-refractivity contribution >= 4 is 11.5 Å². The van der Waals surface area contributed by atoms with Gasteiger partial charge in [-0.25, -0.2) is 15.0 Å². The van der Waals surface area contributed by atoms with Crippen LogP contribution in [-0.4, -0.2) is 26.1 Å². The Morgan fingerprint density at radius 1 is 1.18 bits per heavy atom. The van der Waals surface area contributed by atoms with E-state index >= 15 is 0 Å². The van der Waals surface area contributed by atoms with E-state index in [1.807, 2.05) is 41.1 Å². The zero-order valence-corrected chi connectivity index (χ0v) is 12.4. The summed E-state index contributed by atoms with van der Waals surface area (Å²) in [4.78, 5) is 13.0. The molecule has 0 amide bonds. The first-order chi connectivity index (χ1) is 10.8. The topological polar surface area (TPSA) is 81.7 Å². The van der Waals surface area contributed by atoms with Crippen LogP contribution in [0.2, 0.25) is 0 Å². The molecule has 3 N–H and O–H groups in total. The van der Waals surface area contributed by atoms with Crippen molar-refractivity contribution in [2.24, 2.45) is 0 Å². The Hall–Kier alpha value is -2.89. The highest BCUT2D eigenvalue weighted by atomic mass is 15.1. The van der Waals surface area contributed by atoms with E-state index in [4.69, 9.17) is 5.73 Å². The second-order valence-electron chi connectivity index (χ2n) is 4.93. The summed E-state index contributed by atoms with van der Waals surface area (Å²) >= 11 is 0. The molecule has 1 aromatic carbocycles. The third-order valence-corrected chi connectivity index (χ3v) is 3.24. The van der Waals surface area contributed by atoms with Crippen LogP contribution in [0.1, 0.15) is 13.3 Å². The van der Waals surface area contributed by atoms with Gasteiger partial charge in [0.15, 0.2) is 0 Å². The molecular weight excluding hydrogens is 276 g/mol. The molecule has 0 saturated carbocycles. The van der Waals surface area contributed by atoms with Gasteiger partial charge in [-0.15, -0.1) is 0 Å². The molecule has 0 atom stereocenters. The van der Waals surface area contributed by atoms with Crippen LogP contribution in [0.3, 0.4) is 0 Å². The van der Waals surface area contributed by atoms with Gasteiger partial charge in [0.2, 0.25) is 0 Å². The average Bonchev–Trinajstić information content (AvgIpc) is 3.03. The third kappa shape index (κ3) is 2.90. The fraction of sp³-hybridized carbons (Fsp3) is 0.188. The lowest BCUT2D eigenvalue weighted by Gasteiger charge is -2.09. The van der Waals surface area contributed by atoms with Crippen molar-refractivity contribution in [1.82, 2.24) is 19.5 Å². The lowest BCUT2D eigenvalue weighted by Crippen LogP contribution is -2.05. The Balaban J connectivity index is 1.98. The maximum absolute atomic E-state index is 5.86. The number of nitrogens with zero attached hydrogens (tertiary/aromatic N) is 4. The van der Waals surface area contributed by atoms with Gasteiger partial charge < -0.3 is 11.1 Å². The Morgan fingerprint density at radius 2 is 2.09 bits per heavy atom. The first-order valence-corrected chi connectivity index (χ1v) is 7.23. The van der Waals surface area contributed by atoms with Gasteiger partial charge in [0, 0.05) is 36.3 Å². The molecule has 6 nitrogen and oxygen atoms in total. The van der Waals surface area contributed by atoms with E-state index in [0.29, 0.717) is 5.69 Å². The van der Waals surface area contributed by atoms with Gasteiger partial charge in [-0.05, 0) is 18.6 Å². The fourth-order valence-corrected chi connectivity index (χ4v) is 2.21. The molecule has 112 valence electrons. The minimum Gasteiger partial charge on any atom is -0.399 e. The van der Waals surface area contributed by atoms with E-state index in [0.717, 1.165) is 36.0 Å². The molecule has 0 aliphatic carbocycles. The minimum atomic E-state index is 0.708. The molecule has 2 heterocycles. The van der Waals surface area contributed by atoms with E-state index in [1.165, 1.54) is 0 Å². The summed E-state index contributed by atoms with van der Waals surface area (Å²) in [5.41, 5.74) is 7.52. The maximum atomic E-state index is 5.86. The van der Waals surface area contributed by atoms with Crippen LogP contribution in [0, 0.1) is 0 Å². The van der Waals surface area contributed by atoms with Crippen LogP contribution < -0.4 is 11.1 Å². The Kier molecular flexibility index (Phi) is 4.00. The van der Waals surface area contributed by atoms with Crippen LogP contribution >= 0.6 is 0 Å². The summed E-state index contributed by atoms with van der Waals surface area (Å²) in [7, 11) is 0. The molecule has 22 heavy (non-hydrogen) atoms. The van der Waals surface area contributed by atoms with Crippen LogP contribution in [0.4, 0.5) is 11.5 Å². The summed E-state index contributed by atoms with van der Waals surface area (Å²) in [5, 5.41) is 3.26. The second kappa shape index (κ2) is 6.26. The summed E-state index contributed by atoms with van der Waals surface area (Å²) in [6.07, 6.45) is 6.22. The molecule has 0 aliphatic heterocycles. The molecule has 0 spiro atoms. The van der Waals surface area contributed by atoms with Crippen molar-refractivity contribution in [3.8, 4) is 17.2 Å². The van der Waals surface area contributed by atoms with Crippen LogP contribution in [-0.2, 0) is 0 Å². The predicted molar refractivity (Wildman–Crippen MR) is 87.8 cm³/mol. The van der Waals surface area contributed by atoms with Crippen molar-refractivity contribution in [1.29, 1.82) is 0 Å². The highest BCUT2D eigenvalue weighted by Gasteiger charge is 2.09. The maximum Gasteiger partial charge on any atom is 0.145 e. The summed E-state index contributed by atoms with van der Waals surface area (Å²) in [6.45, 7) is 2.99. The second-order valence-corrected chi connectivity index (χ2v) is 4.93. The van der Waals surface area contributed by atoms with E-state index in [-0.39, 0.29) is 0 Å². The Labute approximate surface area is 129 Å². The van der Waals surface area contributed by atoms with Crippen molar-refractivity contribution < 1.29 is 0 Å². The number of aromatic nitrogens is 4. The number of rotatable bonds is 5. The van der Waals surface area contributed by atoms with E-state index in [2.05, 4.69) is 27.2 Å². The number of nitrogens with two attached hydrogens (primary N) is 1. The Bertz CT molecular complexity index is 765. The van der Waals surface area contributed by atoms with Gasteiger partial charge in [-0.1, -0.05) is 19.1 Å². The van der Waals surface area contributed by atoms with E-state index < -0.39 is 0 Å². The number of anilines is 2. The standard InChI is InChI=1S/C16H18N6/c1-2-6-18-14-10-15(21-11-20-14)22-8-7-19-16(22)12-4-3-5-13(17)9-12/h3-5,7-11H,2,6,17H2,1H3,(H,18,20,21). The van der Waals surface area contributed by atoms with Gasteiger partial charge in [0.1, 0.15) is 23.8 Å². The molecule has 3 rings (SSSR count). The van der Waals surface area contributed by atoms with Gasteiger partial charge in [-0.3, -0.25) is 4.57 Å². The zero-order chi connectivity index (χ0) is 15.4. The molecule has 0 radical (unpaired) electrons. The zero-order valence-electron chi connectivity index (χ0n) is 12.4. The predicted octanol–water partition coefficient (Wildman–Crippen LogP) is 2.73. The molecule has 0 unspecified atom stereocenters. The molecule has 0 fully saturated rings. The van der Waals surface area contributed by atoms with Crippen LogP contribution in [0.25, 0.3) is 17.2 Å². The molecule has 0 aliphatic rings. The van der Waals surface area contributed by atoms with Crippen molar-refractivity contribution in [3.05, 3.63) is 49.1 Å². The number of nitrogens with one attached hydrogen (secondary N) is 1. The summed E-state index contributed by atoms with van der Waals surface area (Å²) in [6, 6.07) is 9.56. The van der Waals surface area contributed by atoms with Gasteiger partial charge in [-0.2, -0.15) is 0 Å². The molecular formula is C16H18N6. The number of benzene rings is 1. The lowest BCUT2D eigenvalue weighted by atomic mass is 10.2. The third-order valence-electron chi connectivity index (χ3n) is 3.24. The van der Waals surface area contributed by atoms with Gasteiger partial charge >= 0.3 is 0 Å². The first-order valence-electron chi connectivity index (χ1n) is 7.23. The lowest BCUT2D eigenvalue weighted by molar-refractivity contribution is 0.945. The largest absolute Gasteiger partial charge is 0.399 e. The summed E-state index contributed by atoms with van der Waals surface area (Å²) in [5.74, 6) is 2.37. The quantitative estimate of drug-likeness (QED) is 0.707.